The minimum Gasteiger partial charge on any atom is -0.496 e. The highest BCUT2D eigenvalue weighted by Crippen LogP contribution is 2.47. The van der Waals surface area contributed by atoms with Crippen molar-refractivity contribution in [2.24, 2.45) is 5.41 Å². The van der Waals surface area contributed by atoms with Crippen LogP contribution >= 0.6 is 0 Å². The van der Waals surface area contributed by atoms with Gasteiger partial charge < -0.3 is 9.47 Å². The van der Waals surface area contributed by atoms with Gasteiger partial charge in [0.15, 0.2) is 5.75 Å². The predicted octanol–water partition coefficient (Wildman–Crippen LogP) is 3.13. The van der Waals surface area contributed by atoms with Gasteiger partial charge in [0, 0.05) is 6.42 Å². The molecule has 1 atom stereocenters. The average Bonchev–Trinajstić information content (AvgIpc) is 2.48. The van der Waals surface area contributed by atoms with E-state index in [4.69, 9.17) is 9.47 Å². The first kappa shape index (κ1) is 15.3. The monoisotopic (exact) mass is 293 g/mol. The maximum absolute atomic E-state index is 11.9. The number of carbonyl (C=O) groups excluding carboxylic acids is 1. The van der Waals surface area contributed by atoms with E-state index in [0.717, 1.165) is 0 Å². The van der Waals surface area contributed by atoms with E-state index in [1.54, 1.807) is 6.07 Å². The van der Waals surface area contributed by atoms with Crippen molar-refractivity contribution < 1.29 is 19.2 Å². The first-order valence-electron chi connectivity index (χ1n) is 7.00. The largest absolute Gasteiger partial charge is 0.496 e. The smallest absolute Gasteiger partial charge is 0.314 e. The van der Waals surface area contributed by atoms with Gasteiger partial charge in [-0.05, 0) is 25.0 Å². The molecule has 0 amide bonds. The summed E-state index contributed by atoms with van der Waals surface area (Å²) in [5, 5.41) is 11.1. The molecule has 0 aromatic heterocycles. The summed E-state index contributed by atoms with van der Waals surface area (Å²) in [5.41, 5.74) is -0.650. The van der Waals surface area contributed by atoms with Crippen LogP contribution in [-0.4, -0.2) is 23.9 Å². The lowest BCUT2D eigenvalue weighted by atomic mass is 9.61. The molecule has 1 aliphatic carbocycles. The highest BCUT2D eigenvalue weighted by atomic mass is 16.6. The Morgan fingerprint density at radius 2 is 2.05 bits per heavy atom. The van der Waals surface area contributed by atoms with Gasteiger partial charge in [-0.1, -0.05) is 13.8 Å². The fourth-order valence-electron chi connectivity index (χ4n) is 2.89. The molecule has 0 spiro atoms. The molecule has 1 aliphatic rings. The summed E-state index contributed by atoms with van der Waals surface area (Å²) in [6.45, 7) is 3.89. The molecule has 1 unspecified atom stereocenters. The van der Waals surface area contributed by atoms with Gasteiger partial charge in [0.1, 0.15) is 17.6 Å². The second-order valence-corrected chi connectivity index (χ2v) is 5.19. The van der Waals surface area contributed by atoms with Crippen LogP contribution in [0.3, 0.4) is 0 Å². The highest BCUT2D eigenvalue weighted by molar-refractivity contribution is 5.92. The van der Waals surface area contributed by atoms with Crippen molar-refractivity contribution in [2.45, 2.75) is 39.2 Å². The topological polar surface area (TPSA) is 78.7 Å². The van der Waals surface area contributed by atoms with Crippen LogP contribution in [0.4, 0.5) is 5.69 Å². The molecule has 0 saturated heterocycles. The van der Waals surface area contributed by atoms with Crippen molar-refractivity contribution in [3.05, 3.63) is 28.3 Å². The van der Waals surface area contributed by atoms with E-state index in [0.29, 0.717) is 25.0 Å². The van der Waals surface area contributed by atoms with Gasteiger partial charge in [0.25, 0.3) is 0 Å². The lowest BCUT2D eigenvalue weighted by Crippen LogP contribution is -2.56. The van der Waals surface area contributed by atoms with Crippen molar-refractivity contribution in [2.75, 3.05) is 7.11 Å². The Balaban J connectivity index is 2.28. The molecule has 0 bridgehead atoms. The Morgan fingerprint density at radius 3 is 2.52 bits per heavy atom. The molecule has 1 aromatic carbocycles. The first-order valence-corrected chi connectivity index (χ1v) is 7.00. The summed E-state index contributed by atoms with van der Waals surface area (Å²) in [4.78, 5) is 22.5. The van der Waals surface area contributed by atoms with E-state index in [1.165, 1.54) is 19.2 Å². The zero-order valence-corrected chi connectivity index (χ0v) is 12.4. The number of rotatable bonds is 6. The van der Waals surface area contributed by atoms with Crippen molar-refractivity contribution in [1.82, 2.24) is 0 Å². The summed E-state index contributed by atoms with van der Waals surface area (Å²) in [7, 11) is 1.45. The molecule has 6 nitrogen and oxygen atoms in total. The molecule has 0 radical (unpaired) electrons. The van der Waals surface area contributed by atoms with Gasteiger partial charge in [-0.2, -0.15) is 0 Å². The minimum atomic E-state index is -0.506. The standard InChI is InChI=1S/C15H19NO5/c1-4-15(5-2)13(17)9-14(15)21-12-7-6-10(20-3)8-11(12)16(18)19/h6-8,14H,4-5,9H2,1-3H3. The normalized spacial score (nSPS) is 19.8. The molecular formula is C15H19NO5. The molecule has 114 valence electrons. The van der Waals surface area contributed by atoms with Gasteiger partial charge in [-0.25, -0.2) is 0 Å². The van der Waals surface area contributed by atoms with Crippen molar-refractivity contribution in [3.63, 3.8) is 0 Å². The number of methoxy groups -OCH3 is 1. The summed E-state index contributed by atoms with van der Waals surface area (Å²) in [6.07, 6.45) is 1.37. The van der Waals surface area contributed by atoms with Gasteiger partial charge in [0.2, 0.25) is 0 Å². The number of Topliss-reactive ketones (excluding diaryl/α,β-unsaturated/α-hetero) is 1. The quantitative estimate of drug-likeness (QED) is 0.594. The van der Waals surface area contributed by atoms with E-state index in [-0.39, 0.29) is 23.3 Å². The van der Waals surface area contributed by atoms with Crippen molar-refractivity contribution in [3.8, 4) is 11.5 Å². The number of ketones is 1. The van der Waals surface area contributed by atoms with Gasteiger partial charge in [-0.15, -0.1) is 0 Å². The first-order chi connectivity index (χ1) is 9.98. The number of hydrogen-bond acceptors (Lipinski definition) is 5. The number of hydrogen-bond donors (Lipinski definition) is 0. The van der Waals surface area contributed by atoms with E-state index < -0.39 is 10.3 Å². The average molecular weight is 293 g/mol. The third kappa shape index (κ3) is 2.46. The Hall–Kier alpha value is -2.11. The van der Waals surface area contributed by atoms with E-state index >= 15 is 0 Å². The molecule has 2 rings (SSSR count). The maximum Gasteiger partial charge on any atom is 0.314 e. The van der Waals surface area contributed by atoms with Crippen LogP contribution in [0.1, 0.15) is 33.1 Å². The van der Waals surface area contributed by atoms with Crippen LogP contribution in [0.15, 0.2) is 18.2 Å². The number of benzene rings is 1. The minimum absolute atomic E-state index is 0.144. The SMILES string of the molecule is CCC1(CC)C(=O)CC1Oc1ccc(OC)cc1[N+](=O)[O-]. The van der Waals surface area contributed by atoms with Crippen LogP contribution in [0.2, 0.25) is 0 Å². The molecule has 1 saturated carbocycles. The number of nitrogens with zero attached hydrogens (tertiary/aromatic N) is 1. The fraction of sp³-hybridized carbons (Fsp3) is 0.533. The molecule has 0 N–H and O–H groups in total. The molecule has 1 fully saturated rings. The summed E-state index contributed by atoms with van der Waals surface area (Å²) < 4.78 is 10.8. The number of carbonyl (C=O) groups is 1. The van der Waals surface area contributed by atoms with Crippen molar-refractivity contribution >= 4 is 11.5 Å². The molecule has 21 heavy (non-hydrogen) atoms. The molecule has 1 aromatic rings. The van der Waals surface area contributed by atoms with Gasteiger partial charge in [-0.3, -0.25) is 14.9 Å². The summed E-state index contributed by atoms with van der Waals surface area (Å²) >= 11 is 0. The summed E-state index contributed by atoms with van der Waals surface area (Å²) in [6, 6.07) is 4.47. The van der Waals surface area contributed by atoms with Crippen LogP contribution < -0.4 is 9.47 Å². The van der Waals surface area contributed by atoms with E-state index in [1.807, 2.05) is 13.8 Å². The van der Waals surface area contributed by atoms with Crippen LogP contribution in [-0.2, 0) is 4.79 Å². The Labute approximate surface area is 123 Å². The number of nitro benzene ring substituents is 1. The van der Waals surface area contributed by atoms with E-state index in [2.05, 4.69) is 0 Å². The van der Waals surface area contributed by atoms with Gasteiger partial charge in [0.05, 0.1) is 23.5 Å². The molecule has 0 heterocycles. The predicted molar refractivity (Wildman–Crippen MR) is 76.7 cm³/mol. The number of nitro groups is 1. The zero-order chi connectivity index (χ0) is 15.6. The molecule has 0 aliphatic heterocycles. The second kappa shape index (κ2) is 5.71. The Bertz CT molecular complexity index is 565. The third-order valence-electron chi connectivity index (χ3n) is 4.44. The fourth-order valence-corrected chi connectivity index (χ4v) is 2.89. The molecule has 6 heteroatoms. The zero-order valence-electron chi connectivity index (χ0n) is 12.4. The van der Waals surface area contributed by atoms with Crippen molar-refractivity contribution in [1.29, 1.82) is 0 Å². The lowest BCUT2D eigenvalue weighted by molar-refractivity contribution is -0.386. The highest BCUT2D eigenvalue weighted by Gasteiger charge is 2.54. The number of ether oxygens (including phenoxy) is 2. The summed E-state index contributed by atoms with van der Waals surface area (Å²) in [5.74, 6) is 0.759. The van der Waals surface area contributed by atoms with Crippen LogP contribution in [0.25, 0.3) is 0 Å². The van der Waals surface area contributed by atoms with E-state index in [9.17, 15) is 14.9 Å². The second-order valence-electron chi connectivity index (χ2n) is 5.19. The van der Waals surface area contributed by atoms with Crippen LogP contribution in [0.5, 0.6) is 11.5 Å². The lowest BCUT2D eigenvalue weighted by Gasteiger charge is -2.46. The third-order valence-corrected chi connectivity index (χ3v) is 4.44. The van der Waals surface area contributed by atoms with Crippen LogP contribution in [0, 0.1) is 15.5 Å². The maximum atomic E-state index is 11.9. The van der Waals surface area contributed by atoms with Gasteiger partial charge >= 0.3 is 5.69 Å². The Morgan fingerprint density at radius 1 is 1.38 bits per heavy atom. The molecular weight excluding hydrogens is 274 g/mol. The Kier molecular flexibility index (Phi) is 4.16.